The molecule has 0 bridgehead atoms. The molecular formula is C38H36N6O2+2. The molecular weight excluding hydrogens is 572 g/mol. The third-order valence-electron chi connectivity index (χ3n) is 9.83. The van der Waals surface area contributed by atoms with E-state index in [1.54, 1.807) is 42.6 Å². The van der Waals surface area contributed by atoms with Gasteiger partial charge in [-0.15, -0.1) is 0 Å². The van der Waals surface area contributed by atoms with Gasteiger partial charge in [0.15, 0.2) is 17.3 Å². The van der Waals surface area contributed by atoms with Crippen molar-refractivity contribution in [2.45, 2.75) is 38.5 Å². The lowest BCUT2D eigenvalue weighted by Crippen LogP contribution is -2.30. The van der Waals surface area contributed by atoms with E-state index in [0.717, 1.165) is 22.8 Å². The molecule has 0 fully saturated rings. The number of hydrazone groups is 1. The van der Waals surface area contributed by atoms with Crippen molar-refractivity contribution < 1.29 is 18.7 Å². The Morgan fingerprint density at radius 1 is 0.696 bits per heavy atom. The molecule has 46 heavy (non-hydrogen) atoms. The third kappa shape index (κ3) is 4.31. The molecule has 0 atom stereocenters. The topological polar surface area (TPSA) is 89.3 Å². The van der Waals surface area contributed by atoms with Gasteiger partial charge in [-0.25, -0.2) is 0 Å². The fourth-order valence-electron chi connectivity index (χ4n) is 7.29. The van der Waals surface area contributed by atoms with E-state index in [1.807, 2.05) is 32.3 Å². The molecule has 0 unspecified atom stereocenters. The summed E-state index contributed by atoms with van der Waals surface area (Å²) in [5, 5.41) is 13.6. The number of benzene rings is 4. The predicted molar refractivity (Wildman–Crippen MR) is 182 cm³/mol. The summed E-state index contributed by atoms with van der Waals surface area (Å²) in [5.41, 5.74) is 11.6. The fourth-order valence-corrected chi connectivity index (χ4v) is 7.29. The Labute approximate surface area is 268 Å². The number of azo groups is 1. The van der Waals surface area contributed by atoms with Crippen LogP contribution in [0.3, 0.4) is 0 Å². The second-order valence-electron chi connectivity index (χ2n) is 13.1. The molecule has 0 aromatic heterocycles. The molecule has 228 valence electrons. The van der Waals surface area contributed by atoms with Gasteiger partial charge in [-0.05, 0) is 39.8 Å². The minimum atomic E-state index is -0.258. The van der Waals surface area contributed by atoms with Gasteiger partial charge < -0.3 is 0 Å². The van der Waals surface area contributed by atoms with E-state index in [-0.39, 0.29) is 28.0 Å². The van der Waals surface area contributed by atoms with Crippen LogP contribution in [0.25, 0.3) is 0 Å². The molecule has 1 N–H and O–H groups in total. The first-order valence-electron chi connectivity index (χ1n) is 15.5. The van der Waals surface area contributed by atoms with Gasteiger partial charge in [-0.3, -0.25) is 15.0 Å². The Kier molecular flexibility index (Phi) is 6.77. The molecule has 4 aromatic rings. The highest BCUT2D eigenvalue weighted by molar-refractivity contribution is 6.34. The zero-order chi connectivity index (χ0) is 32.4. The van der Waals surface area contributed by atoms with Crippen LogP contribution in [0, 0.1) is 0 Å². The quantitative estimate of drug-likeness (QED) is 0.0946. The lowest BCUT2D eigenvalue weighted by atomic mass is 9.81. The maximum atomic E-state index is 13.9. The highest BCUT2D eigenvalue weighted by Crippen LogP contribution is 2.40. The van der Waals surface area contributed by atoms with Crippen LogP contribution in [0.2, 0.25) is 0 Å². The maximum Gasteiger partial charge on any atom is 0.212 e. The van der Waals surface area contributed by atoms with Crippen molar-refractivity contribution in [2.24, 2.45) is 15.3 Å². The van der Waals surface area contributed by atoms with E-state index < -0.39 is 0 Å². The first-order valence-corrected chi connectivity index (χ1v) is 15.5. The van der Waals surface area contributed by atoms with Crippen LogP contribution in [0.4, 0.5) is 22.7 Å². The number of rotatable bonds is 6. The summed E-state index contributed by atoms with van der Waals surface area (Å²) in [6.07, 6.45) is 1.79. The van der Waals surface area contributed by atoms with Gasteiger partial charge in [0, 0.05) is 34.4 Å². The minimum Gasteiger partial charge on any atom is -0.288 e. The number of carbonyl (C=O) groups excluding carboxylic acids is 2. The number of carbonyl (C=O) groups is 2. The van der Waals surface area contributed by atoms with Crippen molar-refractivity contribution in [1.29, 1.82) is 0 Å². The second kappa shape index (κ2) is 10.6. The van der Waals surface area contributed by atoms with Crippen LogP contribution in [0.15, 0.2) is 100 Å². The Morgan fingerprint density at radius 2 is 1.28 bits per heavy atom. The van der Waals surface area contributed by atoms with Crippen molar-refractivity contribution in [1.82, 2.24) is 0 Å². The van der Waals surface area contributed by atoms with E-state index in [2.05, 4.69) is 87.9 Å². The Hall–Kier alpha value is -5.37. The Morgan fingerprint density at radius 3 is 1.96 bits per heavy atom. The average Bonchev–Trinajstić information content (AvgIpc) is 3.37. The van der Waals surface area contributed by atoms with E-state index in [9.17, 15) is 9.59 Å². The number of ketones is 2. The Bertz CT molecular complexity index is 2120. The van der Waals surface area contributed by atoms with Crippen LogP contribution in [-0.4, -0.2) is 59.0 Å². The molecule has 8 heteroatoms. The maximum absolute atomic E-state index is 13.9. The van der Waals surface area contributed by atoms with E-state index >= 15 is 0 Å². The van der Waals surface area contributed by atoms with Crippen molar-refractivity contribution in [2.75, 3.05) is 26.1 Å². The van der Waals surface area contributed by atoms with Gasteiger partial charge in [0.05, 0.1) is 33.3 Å². The van der Waals surface area contributed by atoms with Crippen molar-refractivity contribution >= 4 is 52.0 Å². The molecule has 0 saturated carbocycles. The third-order valence-corrected chi connectivity index (χ3v) is 9.83. The zero-order valence-electron chi connectivity index (χ0n) is 26.9. The first kappa shape index (κ1) is 29.3. The molecule has 0 amide bonds. The smallest absolute Gasteiger partial charge is 0.212 e. The number of fused-ring (bicyclic) bond motifs is 4. The molecule has 4 aromatic carbocycles. The summed E-state index contributed by atoms with van der Waals surface area (Å²) in [7, 11) is 4.07. The largest absolute Gasteiger partial charge is 0.288 e. The number of anilines is 1. The van der Waals surface area contributed by atoms with Gasteiger partial charge in [0.2, 0.25) is 17.1 Å². The van der Waals surface area contributed by atoms with Gasteiger partial charge in [-0.1, -0.05) is 60.7 Å². The van der Waals surface area contributed by atoms with E-state index in [4.69, 9.17) is 0 Å². The average molecular weight is 609 g/mol. The SMILES string of the molecule is C[N+]1=C(C=NNc2cccc3c2C(=O)c2cccc(N=NCC4=[N+](C)c5ccccc5C4(C)C)c2C3=O)C(C)(C)c2ccccc21. The summed E-state index contributed by atoms with van der Waals surface area (Å²) >= 11 is 0. The molecule has 0 radical (unpaired) electrons. The first-order chi connectivity index (χ1) is 22.0. The molecule has 0 spiro atoms. The van der Waals surface area contributed by atoms with E-state index in [1.165, 1.54) is 11.1 Å². The van der Waals surface area contributed by atoms with Crippen molar-refractivity contribution in [3.63, 3.8) is 0 Å². The van der Waals surface area contributed by atoms with Crippen LogP contribution >= 0.6 is 0 Å². The molecule has 3 aliphatic rings. The lowest BCUT2D eigenvalue weighted by molar-refractivity contribution is -0.403. The lowest BCUT2D eigenvalue weighted by Gasteiger charge is -2.20. The van der Waals surface area contributed by atoms with Crippen LogP contribution < -0.4 is 5.43 Å². The molecule has 8 nitrogen and oxygen atoms in total. The molecule has 1 aliphatic carbocycles. The molecule has 2 aliphatic heterocycles. The van der Waals surface area contributed by atoms with Gasteiger partial charge >= 0.3 is 0 Å². The number of hydrogen-bond donors (Lipinski definition) is 1. The molecule has 2 heterocycles. The Balaban J connectivity index is 1.16. The van der Waals surface area contributed by atoms with Crippen molar-refractivity contribution in [3.05, 3.63) is 118 Å². The van der Waals surface area contributed by atoms with Gasteiger partial charge in [0.1, 0.15) is 26.9 Å². The summed E-state index contributed by atoms with van der Waals surface area (Å²) in [6, 6.07) is 27.0. The van der Waals surface area contributed by atoms with Crippen LogP contribution in [0.5, 0.6) is 0 Å². The van der Waals surface area contributed by atoms with Crippen LogP contribution in [0.1, 0.15) is 70.7 Å². The zero-order valence-corrected chi connectivity index (χ0v) is 26.9. The monoisotopic (exact) mass is 608 g/mol. The number of para-hydroxylation sites is 2. The summed E-state index contributed by atoms with van der Waals surface area (Å²) < 4.78 is 4.30. The number of nitrogens with one attached hydrogen (secondary N) is 1. The summed E-state index contributed by atoms with van der Waals surface area (Å²) in [5.74, 6) is -0.508. The molecule has 0 saturated heterocycles. The summed E-state index contributed by atoms with van der Waals surface area (Å²) in [4.78, 5) is 27.9. The van der Waals surface area contributed by atoms with Gasteiger partial charge in [-0.2, -0.15) is 24.5 Å². The predicted octanol–water partition coefficient (Wildman–Crippen LogP) is 7.36. The van der Waals surface area contributed by atoms with E-state index in [0.29, 0.717) is 34.6 Å². The normalized spacial score (nSPS) is 17.5. The van der Waals surface area contributed by atoms with Gasteiger partial charge in [0.25, 0.3) is 0 Å². The van der Waals surface area contributed by atoms with Crippen molar-refractivity contribution in [3.8, 4) is 0 Å². The second-order valence-corrected chi connectivity index (χ2v) is 13.1. The number of hydrogen-bond acceptors (Lipinski definition) is 6. The minimum absolute atomic E-state index is 0.206. The molecule has 7 rings (SSSR count). The fraction of sp³-hybridized carbons (Fsp3) is 0.237. The number of nitrogens with zero attached hydrogens (tertiary/aromatic N) is 5. The highest BCUT2D eigenvalue weighted by atomic mass is 16.1. The highest BCUT2D eigenvalue weighted by Gasteiger charge is 2.44. The van der Waals surface area contributed by atoms with Crippen LogP contribution in [-0.2, 0) is 10.8 Å². The summed E-state index contributed by atoms with van der Waals surface area (Å²) in [6.45, 7) is 9.07. The standard InChI is InChI=1S/C38H35N6O2/c1-37(2)25-15-7-9-19-29(25)43(5)31(37)21-39-41-27-17-11-13-23-33(27)35(45)24-14-12-18-28(34(24)36(23)46)42-40-22-32-38(3,4)26-16-8-10-20-30(26)44(32)6/h7-21H,22H2,1-6H3/q+1/p+1.